The zero-order valence-electron chi connectivity index (χ0n) is 13.8. The summed E-state index contributed by atoms with van der Waals surface area (Å²) < 4.78 is 1.78. The summed E-state index contributed by atoms with van der Waals surface area (Å²) in [6.45, 7) is 7.73. The number of aryl methyl sites for hydroxylation is 3. The van der Waals surface area contributed by atoms with Crippen molar-refractivity contribution in [3.8, 4) is 5.69 Å². The van der Waals surface area contributed by atoms with Crippen molar-refractivity contribution in [2.45, 2.75) is 33.7 Å². The molecule has 1 atom stereocenters. The van der Waals surface area contributed by atoms with Crippen LogP contribution in [0.3, 0.4) is 0 Å². The van der Waals surface area contributed by atoms with Crippen LogP contribution in [0, 0.1) is 20.8 Å². The molecule has 1 unspecified atom stereocenters. The molecule has 0 spiro atoms. The van der Waals surface area contributed by atoms with Crippen LogP contribution in [0.2, 0.25) is 0 Å². The van der Waals surface area contributed by atoms with Crippen LogP contribution >= 0.6 is 0 Å². The molecule has 0 fully saturated rings. The average Bonchev–Trinajstić information content (AvgIpc) is 2.85. The predicted molar refractivity (Wildman–Crippen MR) is 86.4 cm³/mol. The number of amides is 1. The van der Waals surface area contributed by atoms with Crippen LogP contribution in [0.25, 0.3) is 5.69 Å². The molecule has 1 aromatic carbocycles. The summed E-state index contributed by atoms with van der Waals surface area (Å²) >= 11 is 0. The minimum atomic E-state index is -0.237. The first-order valence-electron chi connectivity index (χ1n) is 7.37. The lowest BCUT2D eigenvalue weighted by Gasteiger charge is -2.21. The topological polar surface area (TPSA) is 58.4 Å². The molecule has 0 bridgehead atoms. The zero-order chi connectivity index (χ0) is 16.4. The van der Waals surface area contributed by atoms with Gasteiger partial charge in [-0.2, -0.15) is 5.10 Å². The first-order chi connectivity index (χ1) is 10.3. The van der Waals surface area contributed by atoms with Gasteiger partial charge < -0.3 is 10.0 Å². The van der Waals surface area contributed by atoms with Crippen LogP contribution in [0.1, 0.15) is 34.2 Å². The fourth-order valence-electron chi connectivity index (χ4n) is 2.42. The number of aromatic nitrogens is 2. The van der Waals surface area contributed by atoms with Crippen molar-refractivity contribution in [2.24, 2.45) is 0 Å². The minimum Gasteiger partial charge on any atom is -0.394 e. The van der Waals surface area contributed by atoms with Crippen LogP contribution in [0.15, 0.2) is 24.3 Å². The number of benzene rings is 1. The summed E-state index contributed by atoms with van der Waals surface area (Å²) in [5, 5.41) is 13.6. The lowest BCUT2D eigenvalue weighted by molar-refractivity contribution is 0.0676. The van der Waals surface area contributed by atoms with E-state index in [0.717, 1.165) is 22.5 Å². The third-order valence-electron chi connectivity index (χ3n) is 3.80. The molecule has 2 rings (SSSR count). The molecular formula is C17H23N3O2. The summed E-state index contributed by atoms with van der Waals surface area (Å²) in [5.41, 5.74) is 4.55. The maximum absolute atomic E-state index is 12.4. The highest BCUT2D eigenvalue weighted by molar-refractivity contribution is 5.92. The van der Waals surface area contributed by atoms with E-state index < -0.39 is 0 Å². The second-order valence-electron chi connectivity index (χ2n) is 5.88. The average molecular weight is 301 g/mol. The number of nitrogens with zero attached hydrogens (tertiary/aromatic N) is 3. The van der Waals surface area contributed by atoms with Crippen LogP contribution < -0.4 is 0 Å². The van der Waals surface area contributed by atoms with Gasteiger partial charge in [0.15, 0.2) is 5.69 Å². The standard InChI is InChI=1S/C17H23N3O2/c1-11-6-12(2)8-15(7-11)20-13(3)9-16(18-20)17(22)19(5)14(4)10-21/h6-9,14,21H,10H2,1-5H3. The lowest BCUT2D eigenvalue weighted by Crippen LogP contribution is -2.37. The van der Waals surface area contributed by atoms with E-state index in [4.69, 9.17) is 0 Å². The third-order valence-corrected chi connectivity index (χ3v) is 3.80. The minimum absolute atomic E-state index is 0.0704. The quantitative estimate of drug-likeness (QED) is 0.942. The highest BCUT2D eigenvalue weighted by atomic mass is 16.3. The van der Waals surface area contributed by atoms with E-state index in [0.29, 0.717) is 5.69 Å². The number of hydrogen-bond acceptors (Lipinski definition) is 3. The Kier molecular flexibility index (Phi) is 4.66. The normalized spacial score (nSPS) is 12.3. The van der Waals surface area contributed by atoms with E-state index in [-0.39, 0.29) is 18.6 Å². The zero-order valence-corrected chi connectivity index (χ0v) is 13.8. The summed E-state index contributed by atoms with van der Waals surface area (Å²) in [6.07, 6.45) is 0. The number of carbonyl (C=O) groups is 1. The summed E-state index contributed by atoms with van der Waals surface area (Å²) in [6, 6.07) is 7.73. The second kappa shape index (κ2) is 6.32. The maximum Gasteiger partial charge on any atom is 0.274 e. The molecule has 0 saturated carbocycles. The Balaban J connectivity index is 2.38. The number of hydrogen-bond donors (Lipinski definition) is 1. The third kappa shape index (κ3) is 3.20. The predicted octanol–water partition coefficient (Wildman–Crippen LogP) is 2.25. The fourth-order valence-corrected chi connectivity index (χ4v) is 2.42. The number of aliphatic hydroxyl groups excluding tert-OH is 1. The highest BCUT2D eigenvalue weighted by Gasteiger charge is 2.20. The number of likely N-dealkylation sites (N-methyl/N-ethyl adjacent to an activating group) is 1. The van der Waals surface area contributed by atoms with Gasteiger partial charge in [0.05, 0.1) is 18.3 Å². The Morgan fingerprint density at radius 2 is 1.82 bits per heavy atom. The van der Waals surface area contributed by atoms with Gasteiger partial charge >= 0.3 is 0 Å². The summed E-state index contributed by atoms with van der Waals surface area (Å²) in [4.78, 5) is 13.9. The molecule has 5 heteroatoms. The molecule has 1 amide bonds. The van der Waals surface area contributed by atoms with Gasteiger partial charge in [0.25, 0.3) is 5.91 Å². The molecule has 1 N–H and O–H groups in total. The Morgan fingerprint density at radius 1 is 1.23 bits per heavy atom. The van der Waals surface area contributed by atoms with E-state index in [1.54, 1.807) is 24.7 Å². The molecular weight excluding hydrogens is 278 g/mol. The van der Waals surface area contributed by atoms with Gasteiger partial charge in [-0.1, -0.05) is 6.07 Å². The van der Waals surface area contributed by atoms with Crippen molar-refractivity contribution in [3.05, 3.63) is 46.8 Å². The maximum atomic E-state index is 12.4. The lowest BCUT2D eigenvalue weighted by atomic mass is 10.1. The Labute approximate surface area is 131 Å². The van der Waals surface area contributed by atoms with E-state index >= 15 is 0 Å². The summed E-state index contributed by atoms with van der Waals surface area (Å²) in [5.74, 6) is -0.187. The van der Waals surface area contributed by atoms with Crippen molar-refractivity contribution in [1.29, 1.82) is 0 Å². The van der Waals surface area contributed by atoms with Gasteiger partial charge in [0.2, 0.25) is 0 Å². The second-order valence-corrected chi connectivity index (χ2v) is 5.88. The van der Waals surface area contributed by atoms with Crippen molar-refractivity contribution >= 4 is 5.91 Å². The monoisotopic (exact) mass is 301 g/mol. The largest absolute Gasteiger partial charge is 0.394 e. The molecule has 22 heavy (non-hydrogen) atoms. The SMILES string of the molecule is Cc1cc(C)cc(-n2nc(C(=O)N(C)C(C)CO)cc2C)c1. The van der Waals surface area contributed by atoms with Crippen LogP contribution in [-0.2, 0) is 0 Å². The number of carbonyl (C=O) groups excluding carboxylic acids is 1. The first kappa shape index (κ1) is 16.2. The Bertz CT molecular complexity index is 671. The molecule has 118 valence electrons. The van der Waals surface area contributed by atoms with E-state index in [1.165, 1.54) is 4.90 Å². The summed E-state index contributed by atoms with van der Waals surface area (Å²) in [7, 11) is 1.67. The molecule has 0 radical (unpaired) electrons. The smallest absolute Gasteiger partial charge is 0.274 e. The van der Waals surface area contributed by atoms with Crippen molar-refractivity contribution in [1.82, 2.24) is 14.7 Å². The van der Waals surface area contributed by atoms with E-state index in [2.05, 4.69) is 11.2 Å². The van der Waals surface area contributed by atoms with Gasteiger partial charge in [-0.3, -0.25) is 4.79 Å². The highest BCUT2D eigenvalue weighted by Crippen LogP contribution is 2.17. The molecule has 5 nitrogen and oxygen atoms in total. The van der Waals surface area contributed by atoms with Crippen molar-refractivity contribution in [3.63, 3.8) is 0 Å². The van der Waals surface area contributed by atoms with Gasteiger partial charge in [-0.25, -0.2) is 4.68 Å². The van der Waals surface area contributed by atoms with Gasteiger partial charge in [-0.05, 0) is 57.0 Å². The fraction of sp³-hybridized carbons (Fsp3) is 0.412. The number of aliphatic hydroxyl groups is 1. The Morgan fingerprint density at radius 3 is 2.36 bits per heavy atom. The Hall–Kier alpha value is -2.14. The molecule has 0 aliphatic rings. The molecule has 0 aliphatic heterocycles. The van der Waals surface area contributed by atoms with Crippen LogP contribution in [-0.4, -0.2) is 45.4 Å². The van der Waals surface area contributed by atoms with Gasteiger partial charge in [0.1, 0.15) is 0 Å². The molecule has 0 aliphatic carbocycles. The van der Waals surface area contributed by atoms with E-state index in [9.17, 15) is 9.90 Å². The molecule has 1 heterocycles. The number of rotatable bonds is 4. The van der Waals surface area contributed by atoms with Gasteiger partial charge in [0, 0.05) is 12.7 Å². The van der Waals surface area contributed by atoms with Crippen molar-refractivity contribution < 1.29 is 9.90 Å². The van der Waals surface area contributed by atoms with Crippen LogP contribution in [0.5, 0.6) is 0 Å². The van der Waals surface area contributed by atoms with Crippen LogP contribution in [0.4, 0.5) is 0 Å². The molecule has 1 aromatic heterocycles. The van der Waals surface area contributed by atoms with Gasteiger partial charge in [-0.15, -0.1) is 0 Å². The molecule has 2 aromatic rings. The molecule has 0 saturated heterocycles. The van der Waals surface area contributed by atoms with E-state index in [1.807, 2.05) is 32.9 Å². The van der Waals surface area contributed by atoms with Crippen molar-refractivity contribution in [2.75, 3.05) is 13.7 Å². The first-order valence-corrected chi connectivity index (χ1v) is 7.37.